The summed E-state index contributed by atoms with van der Waals surface area (Å²) in [5, 5.41) is 13.6. The minimum absolute atomic E-state index is 0.00224. The van der Waals surface area contributed by atoms with Crippen LogP contribution in [0, 0.1) is 18.8 Å². The SMILES string of the molecule is Cc1ccc2c(c1)[NH2+]CC[C@]21C[NH2+]C[C@H]1C(=O)N1CC[C@@H](c2ccccc2)C[C@H]1C1CCCCC1.O=C([O-])C(F)(F)F. The second kappa shape index (κ2) is 12.8. The van der Waals surface area contributed by atoms with Crippen molar-refractivity contribution >= 4 is 17.6 Å². The van der Waals surface area contributed by atoms with Gasteiger partial charge in [0, 0.05) is 30.6 Å². The highest BCUT2D eigenvalue weighted by Crippen LogP contribution is 2.45. The van der Waals surface area contributed by atoms with E-state index in [1.54, 1.807) is 0 Å². The van der Waals surface area contributed by atoms with Gasteiger partial charge in [-0.1, -0.05) is 61.7 Å². The van der Waals surface area contributed by atoms with Crippen LogP contribution in [0.4, 0.5) is 18.9 Å². The predicted molar refractivity (Wildman–Crippen MR) is 151 cm³/mol. The number of quaternary nitrogens is 2. The highest BCUT2D eigenvalue weighted by Gasteiger charge is 2.56. The summed E-state index contributed by atoms with van der Waals surface area (Å²) in [7, 11) is 0. The molecule has 3 fully saturated rings. The molecule has 3 heterocycles. The summed E-state index contributed by atoms with van der Waals surface area (Å²) in [5.74, 6) is -1.17. The Morgan fingerprint density at radius 3 is 2.43 bits per heavy atom. The number of nitrogens with zero attached hydrogens (tertiary/aromatic N) is 1. The number of hydrogen-bond acceptors (Lipinski definition) is 3. The van der Waals surface area contributed by atoms with E-state index in [9.17, 15) is 18.0 Å². The number of alkyl halides is 3. The topological polar surface area (TPSA) is 93.7 Å². The molecular weight excluding hydrogens is 543 g/mol. The van der Waals surface area contributed by atoms with E-state index in [-0.39, 0.29) is 11.3 Å². The van der Waals surface area contributed by atoms with Crippen LogP contribution in [0.3, 0.4) is 0 Å². The van der Waals surface area contributed by atoms with E-state index < -0.39 is 12.1 Å². The first-order valence-electron chi connectivity index (χ1n) is 15.5. The van der Waals surface area contributed by atoms with Crippen molar-refractivity contribution in [1.82, 2.24) is 4.90 Å². The normalized spacial score (nSPS) is 28.1. The van der Waals surface area contributed by atoms with Gasteiger partial charge in [-0.25, -0.2) is 0 Å². The first-order chi connectivity index (χ1) is 20.1. The molecule has 1 amide bonds. The molecule has 0 bridgehead atoms. The van der Waals surface area contributed by atoms with Crippen molar-refractivity contribution in [3.8, 4) is 0 Å². The molecule has 228 valence electrons. The van der Waals surface area contributed by atoms with Gasteiger partial charge in [-0.05, 0) is 55.6 Å². The molecule has 6 rings (SSSR count). The molecule has 1 saturated carbocycles. The standard InChI is InChI=1S/C31H41N3O.C2HF3O2/c1-22-12-13-26-28(18-22)33-16-15-31(26)21-32-20-27(31)30(35)34-17-14-25(23-8-4-2-5-9-23)19-29(34)24-10-6-3-7-11-24;3-2(4,5)1(6)7/h2,4-5,8-9,12-13,18,24-25,27,29,32-33H,3,6-7,10-11,14-17,19-21H2,1H3;(H,6,7)/p+1/t25-,27+,29+,31+;/m1./s1. The van der Waals surface area contributed by atoms with Crippen molar-refractivity contribution < 1.29 is 38.5 Å². The fourth-order valence-corrected chi connectivity index (χ4v) is 8.18. The van der Waals surface area contributed by atoms with Crippen LogP contribution in [-0.4, -0.2) is 55.2 Å². The fourth-order valence-electron chi connectivity index (χ4n) is 8.18. The van der Waals surface area contributed by atoms with Gasteiger partial charge in [-0.2, -0.15) is 13.2 Å². The summed E-state index contributed by atoms with van der Waals surface area (Å²) in [5.41, 5.74) is 5.62. The molecular formula is C33H43F3N3O3+. The third-order valence-electron chi connectivity index (χ3n) is 10.2. The van der Waals surface area contributed by atoms with Gasteiger partial charge in [-0.15, -0.1) is 0 Å². The number of nitrogens with two attached hydrogens (primary N) is 2. The van der Waals surface area contributed by atoms with Crippen LogP contribution in [-0.2, 0) is 15.0 Å². The van der Waals surface area contributed by atoms with Crippen molar-refractivity contribution in [2.24, 2.45) is 11.8 Å². The Balaban J connectivity index is 0.000000451. The number of aryl methyl sites for hydroxylation is 1. The maximum absolute atomic E-state index is 14.5. The van der Waals surface area contributed by atoms with Crippen molar-refractivity contribution in [1.29, 1.82) is 0 Å². The molecule has 0 radical (unpaired) electrons. The molecule has 4 N–H and O–H groups in total. The van der Waals surface area contributed by atoms with Crippen molar-refractivity contribution in [3.05, 3.63) is 65.2 Å². The number of carboxylic acid groups (broad SMARTS) is 1. The highest BCUT2D eigenvalue weighted by molar-refractivity contribution is 5.82. The molecule has 6 nitrogen and oxygen atoms in total. The highest BCUT2D eigenvalue weighted by atomic mass is 19.4. The number of carbonyl (C=O) groups is 2. The third kappa shape index (κ3) is 6.37. The predicted octanol–water partition coefficient (Wildman–Crippen LogP) is 2.68. The second-order valence-electron chi connectivity index (χ2n) is 12.7. The zero-order chi connectivity index (χ0) is 29.9. The van der Waals surface area contributed by atoms with Gasteiger partial charge in [-0.3, -0.25) is 4.79 Å². The van der Waals surface area contributed by atoms with Gasteiger partial charge in [0.1, 0.15) is 17.6 Å². The average Bonchev–Trinajstić information content (AvgIpc) is 3.41. The summed E-state index contributed by atoms with van der Waals surface area (Å²) in [6.07, 6.45) is 4.81. The van der Waals surface area contributed by atoms with Gasteiger partial charge in [0.15, 0.2) is 0 Å². The first-order valence-corrected chi connectivity index (χ1v) is 15.5. The van der Waals surface area contributed by atoms with E-state index in [1.807, 2.05) is 0 Å². The molecule has 3 aliphatic heterocycles. The molecule has 0 aromatic heterocycles. The number of aliphatic carboxylic acids is 1. The molecule has 2 aromatic carbocycles. The van der Waals surface area contributed by atoms with E-state index in [0.717, 1.165) is 45.4 Å². The van der Waals surface area contributed by atoms with Crippen LogP contribution in [0.2, 0.25) is 0 Å². The lowest BCUT2D eigenvalue weighted by atomic mass is 9.66. The molecule has 1 aliphatic carbocycles. The number of halogens is 3. The fraction of sp³-hybridized carbons (Fsp3) is 0.576. The minimum Gasteiger partial charge on any atom is -0.542 e. The zero-order valence-corrected chi connectivity index (χ0v) is 24.4. The number of likely N-dealkylation sites (tertiary alicyclic amines) is 1. The quantitative estimate of drug-likeness (QED) is 0.542. The lowest BCUT2D eigenvalue weighted by Gasteiger charge is -2.47. The largest absolute Gasteiger partial charge is 0.542 e. The Bertz CT molecular complexity index is 1250. The number of carbonyl (C=O) groups excluding carboxylic acids is 2. The maximum atomic E-state index is 14.5. The van der Waals surface area contributed by atoms with Crippen molar-refractivity contribution in [2.45, 2.75) is 81.8 Å². The lowest BCUT2D eigenvalue weighted by Crippen LogP contribution is -2.85. The van der Waals surface area contributed by atoms with Crippen LogP contribution in [0.1, 0.15) is 74.0 Å². The Labute approximate surface area is 246 Å². The molecule has 9 heteroatoms. The molecule has 4 atom stereocenters. The molecule has 1 spiro atoms. The first kappa shape index (κ1) is 30.5. The number of carboxylic acids is 1. The van der Waals surface area contributed by atoms with Crippen LogP contribution in [0.15, 0.2) is 48.5 Å². The third-order valence-corrected chi connectivity index (χ3v) is 10.2. The van der Waals surface area contributed by atoms with Crippen LogP contribution in [0.5, 0.6) is 0 Å². The monoisotopic (exact) mass is 586 g/mol. The van der Waals surface area contributed by atoms with E-state index in [0.29, 0.717) is 23.8 Å². The van der Waals surface area contributed by atoms with E-state index in [4.69, 9.17) is 9.90 Å². The molecule has 2 aromatic rings. The number of rotatable bonds is 3. The number of benzene rings is 2. The van der Waals surface area contributed by atoms with Gasteiger partial charge in [0.25, 0.3) is 0 Å². The number of fused-ring (bicyclic) bond motifs is 2. The molecule has 4 aliphatic rings. The van der Waals surface area contributed by atoms with Crippen LogP contribution < -0.4 is 15.7 Å². The lowest BCUT2D eigenvalue weighted by molar-refractivity contribution is -0.642. The Morgan fingerprint density at radius 1 is 1.02 bits per heavy atom. The summed E-state index contributed by atoms with van der Waals surface area (Å²) < 4.78 is 31.5. The van der Waals surface area contributed by atoms with Gasteiger partial charge >= 0.3 is 6.18 Å². The zero-order valence-electron chi connectivity index (χ0n) is 24.4. The smallest absolute Gasteiger partial charge is 0.430 e. The molecule has 0 unspecified atom stereocenters. The van der Waals surface area contributed by atoms with Gasteiger partial charge < -0.3 is 25.4 Å². The van der Waals surface area contributed by atoms with Crippen LogP contribution in [0.25, 0.3) is 0 Å². The Morgan fingerprint density at radius 2 is 1.74 bits per heavy atom. The average molecular weight is 587 g/mol. The summed E-state index contributed by atoms with van der Waals surface area (Å²) in [4.78, 5) is 25.7. The minimum atomic E-state index is -5.19. The Hall–Kier alpha value is -2.91. The number of piperidine rings is 1. The summed E-state index contributed by atoms with van der Waals surface area (Å²) in [6, 6.07) is 18.4. The molecule has 2 saturated heterocycles. The Kier molecular flexibility index (Phi) is 9.28. The van der Waals surface area contributed by atoms with Crippen LogP contribution >= 0.6 is 0 Å². The van der Waals surface area contributed by atoms with Gasteiger partial charge in [0.05, 0.1) is 25.0 Å². The molecule has 42 heavy (non-hydrogen) atoms. The number of hydrogen-bond donors (Lipinski definition) is 2. The number of amides is 1. The van der Waals surface area contributed by atoms with E-state index in [2.05, 4.69) is 71.0 Å². The van der Waals surface area contributed by atoms with E-state index in [1.165, 1.54) is 54.5 Å². The maximum Gasteiger partial charge on any atom is 0.430 e. The summed E-state index contributed by atoms with van der Waals surface area (Å²) in [6.45, 7) is 6.21. The van der Waals surface area contributed by atoms with Crippen molar-refractivity contribution in [3.63, 3.8) is 0 Å². The van der Waals surface area contributed by atoms with Crippen molar-refractivity contribution in [2.75, 3.05) is 26.2 Å². The van der Waals surface area contributed by atoms with E-state index >= 15 is 0 Å². The second-order valence-corrected chi connectivity index (χ2v) is 12.7. The summed E-state index contributed by atoms with van der Waals surface area (Å²) >= 11 is 0. The van der Waals surface area contributed by atoms with Gasteiger partial charge in [0.2, 0.25) is 5.91 Å².